The molecule has 0 fully saturated rings. The topological polar surface area (TPSA) is 135 Å². The van der Waals surface area contributed by atoms with Crippen LogP contribution in [0.5, 0.6) is 0 Å². The van der Waals surface area contributed by atoms with Gasteiger partial charge in [-0.25, -0.2) is 0 Å². The van der Waals surface area contributed by atoms with E-state index in [-0.39, 0.29) is 44.8 Å². The van der Waals surface area contributed by atoms with E-state index in [0.29, 0.717) is 0 Å². The van der Waals surface area contributed by atoms with E-state index in [1.807, 2.05) is 0 Å². The smallest absolute Gasteiger partial charge is 0.0742 e. The van der Waals surface area contributed by atoms with E-state index in [1.54, 1.807) is 0 Å². The van der Waals surface area contributed by atoms with Crippen molar-refractivity contribution in [1.82, 2.24) is 0 Å². The van der Waals surface area contributed by atoms with E-state index in [4.69, 9.17) is 10.2 Å². The van der Waals surface area contributed by atoms with Crippen LogP contribution in [0, 0.1) is 0 Å². The fraction of sp³-hybridized carbons (Fsp3) is 1.00. The number of rotatable bonds is 1. The SMILES string of the molecule is CC(O)CO.O.O.O.[Ti]. The summed E-state index contributed by atoms with van der Waals surface area (Å²) in [5, 5.41) is 16.0. The minimum Gasteiger partial charge on any atom is -0.412 e. The molecule has 0 heterocycles. The minimum absolute atomic E-state index is 0. The Labute approximate surface area is 68.5 Å². The van der Waals surface area contributed by atoms with Gasteiger partial charge in [-0.3, -0.25) is 0 Å². The van der Waals surface area contributed by atoms with Crippen LogP contribution in [0.15, 0.2) is 0 Å². The standard InChI is InChI=1S/C3H8O2.3H2O.Ti/c1-3(5)2-4;;;;/h3-5H,2H2,1H3;3*1H2;. The zero-order chi connectivity index (χ0) is 4.28. The molecule has 0 rings (SSSR count). The summed E-state index contributed by atoms with van der Waals surface area (Å²) in [7, 11) is 0. The van der Waals surface area contributed by atoms with E-state index >= 15 is 0 Å². The number of aliphatic hydroxyl groups is 2. The van der Waals surface area contributed by atoms with Crippen molar-refractivity contribution in [3.8, 4) is 0 Å². The van der Waals surface area contributed by atoms with Crippen molar-refractivity contribution in [3.63, 3.8) is 0 Å². The molecule has 5 nitrogen and oxygen atoms in total. The molecule has 0 aliphatic carbocycles. The van der Waals surface area contributed by atoms with Crippen LogP contribution in [0.1, 0.15) is 6.92 Å². The Morgan fingerprint density at radius 2 is 1.33 bits per heavy atom. The second kappa shape index (κ2) is 23.6. The molecule has 9 heavy (non-hydrogen) atoms. The molecule has 0 aliphatic heterocycles. The van der Waals surface area contributed by atoms with Crippen LogP contribution < -0.4 is 0 Å². The minimum atomic E-state index is -0.560. The van der Waals surface area contributed by atoms with Gasteiger partial charge < -0.3 is 26.6 Å². The molecule has 0 saturated heterocycles. The molecule has 0 radical (unpaired) electrons. The first-order chi connectivity index (χ1) is 2.27. The molecule has 0 spiro atoms. The first-order valence-electron chi connectivity index (χ1n) is 1.56. The van der Waals surface area contributed by atoms with E-state index < -0.39 is 6.10 Å². The Morgan fingerprint density at radius 1 is 1.22 bits per heavy atom. The Morgan fingerprint density at radius 3 is 1.33 bits per heavy atom. The van der Waals surface area contributed by atoms with E-state index in [9.17, 15) is 0 Å². The fourth-order valence-electron chi connectivity index (χ4n) is 0. The maximum absolute atomic E-state index is 8.11. The Bertz CT molecular complexity index is 26.2. The second-order valence-electron chi connectivity index (χ2n) is 1.03. The van der Waals surface area contributed by atoms with Gasteiger partial charge in [-0.05, 0) is 6.92 Å². The third-order valence-electron chi connectivity index (χ3n) is 0.264. The van der Waals surface area contributed by atoms with Crippen molar-refractivity contribution in [2.24, 2.45) is 0 Å². The first-order valence-corrected chi connectivity index (χ1v) is 1.56. The van der Waals surface area contributed by atoms with Gasteiger partial charge in [-0.1, -0.05) is 0 Å². The van der Waals surface area contributed by atoms with Crippen molar-refractivity contribution in [2.45, 2.75) is 13.0 Å². The number of hydrogen-bond donors (Lipinski definition) is 2. The summed E-state index contributed by atoms with van der Waals surface area (Å²) in [6, 6.07) is 0. The molecule has 1 atom stereocenters. The zero-order valence-electron chi connectivity index (χ0n) is 5.18. The van der Waals surface area contributed by atoms with Crippen LogP contribution in [0.2, 0.25) is 0 Å². The average Bonchev–Trinajstić information content (AvgIpc) is 1.38. The summed E-state index contributed by atoms with van der Waals surface area (Å²) in [6.45, 7) is 1.39. The van der Waals surface area contributed by atoms with Crippen LogP contribution in [-0.2, 0) is 21.7 Å². The van der Waals surface area contributed by atoms with Gasteiger partial charge >= 0.3 is 0 Å². The summed E-state index contributed by atoms with van der Waals surface area (Å²) >= 11 is 0. The molecule has 6 heteroatoms. The maximum Gasteiger partial charge on any atom is 0.0742 e. The average molecular weight is 178 g/mol. The quantitative estimate of drug-likeness (QED) is 0.410. The molecular weight excluding hydrogens is 164 g/mol. The van der Waals surface area contributed by atoms with Gasteiger partial charge in [-0.2, -0.15) is 0 Å². The van der Waals surface area contributed by atoms with E-state index in [2.05, 4.69) is 0 Å². The normalized spacial score (nSPS) is 8.33. The summed E-state index contributed by atoms with van der Waals surface area (Å²) in [4.78, 5) is 0. The molecule has 60 valence electrons. The van der Waals surface area contributed by atoms with Gasteiger partial charge in [0.1, 0.15) is 0 Å². The molecule has 0 aromatic rings. The van der Waals surface area contributed by atoms with Gasteiger partial charge in [0.2, 0.25) is 0 Å². The van der Waals surface area contributed by atoms with Gasteiger partial charge in [0, 0.05) is 21.7 Å². The van der Waals surface area contributed by atoms with Crippen molar-refractivity contribution >= 4 is 0 Å². The monoisotopic (exact) mass is 178 g/mol. The predicted molar refractivity (Wildman–Crippen MR) is 29.6 cm³/mol. The fourth-order valence-corrected chi connectivity index (χ4v) is 0. The Hall–Kier alpha value is 0.514. The molecule has 8 N–H and O–H groups in total. The maximum atomic E-state index is 8.11. The second-order valence-corrected chi connectivity index (χ2v) is 1.03. The third-order valence-corrected chi connectivity index (χ3v) is 0.264. The van der Waals surface area contributed by atoms with Crippen LogP contribution in [0.4, 0.5) is 0 Å². The molecular formula is C3H14O5Ti. The Balaban J connectivity index is -0.0000000133. The molecule has 0 aliphatic rings. The number of aliphatic hydroxyl groups excluding tert-OH is 2. The van der Waals surface area contributed by atoms with Gasteiger partial charge in [0.25, 0.3) is 0 Å². The van der Waals surface area contributed by atoms with Crippen molar-refractivity contribution in [3.05, 3.63) is 0 Å². The van der Waals surface area contributed by atoms with Gasteiger partial charge in [-0.15, -0.1) is 0 Å². The molecule has 0 saturated carbocycles. The van der Waals surface area contributed by atoms with Crippen molar-refractivity contribution in [1.29, 1.82) is 0 Å². The van der Waals surface area contributed by atoms with Crippen LogP contribution >= 0.6 is 0 Å². The van der Waals surface area contributed by atoms with E-state index in [0.717, 1.165) is 0 Å². The molecule has 0 aromatic heterocycles. The summed E-state index contributed by atoms with van der Waals surface area (Å²) in [6.07, 6.45) is -0.560. The first kappa shape index (κ1) is 33.8. The predicted octanol–water partition coefficient (Wildman–Crippen LogP) is -3.12. The zero-order valence-corrected chi connectivity index (χ0v) is 6.74. The number of hydrogen-bond acceptors (Lipinski definition) is 2. The summed E-state index contributed by atoms with van der Waals surface area (Å²) < 4.78 is 0. The molecule has 0 aromatic carbocycles. The summed E-state index contributed by atoms with van der Waals surface area (Å²) in [5.41, 5.74) is 0. The molecule has 0 amide bonds. The summed E-state index contributed by atoms with van der Waals surface area (Å²) in [5.74, 6) is 0. The third kappa shape index (κ3) is 57.2. The van der Waals surface area contributed by atoms with Gasteiger partial charge in [0.05, 0.1) is 12.7 Å². The van der Waals surface area contributed by atoms with Crippen LogP contribution in [0.25, 0.3) is 0 Å². The van der Waals surface area contributed by atoms with Gasteiger partial charge in [0.15, 0.2) is 0 Å². The van der Waals surface area contributed by atoms with Crippen LogP contribution in [-0.4, -0.2) is 39.4 Å². The Kier molecular flexibility index (Phi) is 88.7. The molecule has 0 bridgehead atoms. The molecule has 1 unspecified atom stereocenters. The van der Waals surface area contributed by atoms with Crippen LogP contribution in [0.3, 0.4) is 0 Å². The van der Waals surface area contributed by atoms with Crippen molar-refractivity contribution in [2.75, 3.05) is 6.61 Å². The largest absolute Gasteiger partial charge is 0.412 e. The van der Waals surface area contributed by atoms with E-state index in [1.165, 1.54) is 6.92 Å². The van der Waals surface area contributed by atoms with Crippen molar-refractivity contribution < 1.29 is 48.4 Å².